The number of halogens is 2. The van der Waals surface area contributed by atoms with Gasteiger partial charge in [-0.1, -0.05) is 35.3 Å². The van der Waals surface area contributed by atoms with Gasteiger partial charge in [-0.2, -0.15) is 0 Å². The van der Waals surface area contributed by atoms with Crippen LogP contribution in [0.15, 0.2) is 42.6 Å². The van der Waals surface area contributed by atoms with Crippen LogP contribution in [0.3, 0.4) is 0 Å². The predicted molar refractivity (Wildman–Crippen MR) is 83.3 cm³/mol. The molecule has 0 spiro atoms. The number of hydrogen-bond donors (Lipinski definition) is 0. The molecule has 3 rings (SSSR count). The van der Waals surface area contributed by atoms with Gasteiger partial charge < -0.3 is 0 Å². The fourth-order valence-electron chi connectivity index (χ4n) is 2.15. The quantitative estimate of drug-likeness (QED) is 0.537. The van der Waals surface area contributed by atoms with Crippen LogP contribution in [0.2, 0.25) is 10.0 Å². The molecule has 3 aromatic rings. The van der Waals surface area contributed by atoms with Crippen molar-refractivity contribution in [2.24, 2.45) is 0 Å². The molecule has 98 valence electrons. The topological polar surface area (TPSA) is 34.4 Å². The number of carbonyl (C=O) groups excluding carboxylic acids is 1. The second-order valence-electron chi connectivity index (χ2n) is 4.41. The summed E-state index contributed by atoms with van der Waals surface area (Å²) in [5.41, 5.74) is 2.05. The van der Waals surface area contributed by atoms with Crippen molar-refractivity contribution in [3.8, 4) is 0 Å². The Labute approximate surface area is 126 Å². The van der Waals surface area contributed by atoms with Crippen LogP contribution in [0, 0.1) is 0 Å². The van der Waals surface area contributed by atoms with E-state index in [4.69, 9.17) is 23.2 Å². The lowest BCUT2D eigenvalue weighted by atomic mass is 10.0. The Bertz CT molecular complexity index is 829. The van der Waals surface area contributed by atoms with Gasteiger partial charge in [0.1, 0.15) is 0 Å². The van der Waals surface area contributed by atoms with Crippen LogP contribution in [0.5, 0.6) is 0 Å². The Morgan fingerprint density at radius 1 is 1.15 bits per heavy atom. The van der Waals surface area contributed by atoms with Gasteiger partial charge in [-0.3, -0.25) is 9.20 Å². The van der Waals surface area contributed by atoms with Gasteiger partial charge in [0.15, 0.2) is 13.7 Å². The number of imidazole rings is 1. The van der Waals surface area contributed by atoms with Crippen molar-refractivity contribution >= 4 is 47.9 Å². The highest BCUT2D eigenvalue weighted by atomic mass is 35.5. The Balaban J connectivity index is 2.21. The molecule has 0 aliphatic carbocycles. The largest absolute Gasteiger partial charge is 0.298 e. The number of pyridine rings is 1. The van der Waals surface area contributed by atoms with E-state index in [1.54, 1.807) is 28.8 Å². The minimum absolute atomic E-state index is 0.244. The highest BCUT2D eigenvalue weighted by Gasteiger charge is 2.20. The molecular weight excluding hydrogens is 294 g/mol. The average molecular weight is 303 g/mol. The van der Waals surface area contributed by atoms with Gasteiger partial charge >= 0.3 is 0 Å². The number of nitrogens with zero attached hydrogens (tertiary/aromatic N) is 2. The van der Waals surface area contributed by atoms with Crippen LogP contribution in [0.25, 0.3) is 5.52 Å². The normalized spacial score (nSPS) is 10.9. The maximum absolute atomic E-state index is 12.6. The Hall–Kier alpha value is -1.78. The molecule has 0 fully saturated rings. The van der Waals surface area contributed by atoms with E-state index in [1.165, 1.54) is 0 Å². The van der Waals surface area contributed by atoms with Gasteiger partial charge in [0.05, 0.1) is 15.6 Å². The Kier molecular flexibility index (Phi) is 3.28. The third-order valence-electron chi connectivity index (χ3n) is 3.13. The monoisotopic (exact) mass is 302 g/mol. The van der Waals surface area contributed by atoms with E-state index in [9.17, 15) is 4.79 Å². The predicted octanol–water partition coefficient (Wildman–Crippen LogP) is 2.13. The zero-order valence-electron chi connectivity index (χ0n) is 10.6. The maximum Gasteiger partial charge on any atom is 0.230 e. The highest BCUT2D eigenvalue weighted by Crippen LogP contribution is 2.27. The summed E-state index contributed by atoms with van der Waals surface area (Å²) in [4.78, 5) is 17.0. The molecule has 0 atom stereocenters. The smallest absolute Gasteiger partial charge is 0.230 e. The van der Waals surface area contributed by atoms with Crippen LogP contribution in [0.4, 0.5) is 0 Å². The molecule has 0 saturated carbocycles. The number of carbonyl (C=O) groups is 1. The summed E-state index contributed by atoms with van der Waals surface area (Å²) in [6.45, 7) is 0. The van der Waals surface area contributed by atoms with E-state index >= 15 is 0 Å². The second-order valence-corrected chi connectivity index (χ2v) is 5.19. The lowest BCUT2D eigenvalue weighted by molar-refractivity contribution is 0.102. The van der Waals surface area contributed by atoms with Crippen LogP contribution < -0.4 is 5.59 Å². The number of aromatic nitrogens is 2. The molecule has 3 nitrogen and oxygen atoms in total. The minimum atomic E-state index is -0.244. The molecule has 0 radical (unpaired) electrons. The highest BCUT2D eigenvalue weighted by molar-refractivity contribution is 6.44. The first-order valence-electron chi connectivity index (χ1n) is 6.02. The third kappa shape index (κ3) is 2.01. The van der Waals surface area contributed by atoms with Gasteiger partial charge in [0.2, 0.25) is 5.78 Å². The van der Waals surface area contributed by atoms with Gasteiger partial charge in [0, 0.05) is 17.4 Å². The molecule has 0 aliphatic rings. The lowest BCUT2D eigenvalue weighted by Crippen LogP contribution is -2.09. The maximum atomic E-state index is 12.6. The molecule has 2 heterocycles. The average Bonchev–Trinajstić information content (AvgIpc) is 2.79. The summed E-state index contributed by atoms with van der Waals surface area (Å²) >= 11 is 12.1. The molecule has 0 unspecified atom stereocenters. The number of rotatable bonds is 2. The van der Waals surface area contributed by atoms with E-state index in [2.05, 4.69) is 4.98 Å². The van der Waals surface area contributed by atoms with E-state index < -0.39 is 0 Å². The fourth-order valence-corrected chi connectivity index (χ4v) is 2.54. The Morgan fingerprint density at radius 3 is 2.75 bits per heavy atom. The zero-order chi connectivity index (χ0) is 14.3. The number of fused-ring (bicyclic) bond motifs is 1. The summed E-state index contributed by atoms with van der Waals surface area (Å²) in [5.74, 6) is 0.0917. The molecule has 1 aromatic carbocycles. The van der Waals surface area contributed by atoms with Crippen LogP contribution in [-0.2, 0) is 0 Å². The first-order valence-corrected chi connectivity index (χ1v) is 6.77. The molecule has 0 saturated heterocycles. The third-order valence-corrected chi connectivity index (χ3v) is 3.95. The molecule has 6 heteroatoms. The molecule has 0 bridgehead atoms. The van der Waals surface area contributed by atoms with E-state index in [-0.39, 0.29) is 10.8 Å². The van der Waals surface area contributed by atoms with Crippen molar-refractivity contribution in [2.45, 2.75) is 0 Å². The van der Waals surface area contributed by atoms with Crippen molar-refractivity contribution < 1.29 is 4.79 Å². The van der Waals surface area contributed by atoms with Crippen molar-refractivity contribution in [2.75, 3.05) is 0 Å². The summed E-state index contributed by atoms with van der Waals surface area (Å²) in [5, 5.41) is 0.611. The molecule has 20 heavy (non-hydrogen) atoms. The standard InChI is InChI=1S/C14H9BCl2N2O/c15-13-10-6-1-2-7-19(10)14(18-13)12(20)8-4-3-5-9(16)11(8)17/h1-7H,15H2. The second kappa shape index (κ2) is 4.96. The SMILES string of the molecule is Bc1nc(C(=O)c2cccc(Cl)c2Cl)n2ccccc12. The number of benzene rings is 1. The van der Waals surface area contributed by atoms with E-state index in [1.807, 2.05) is 26.0 Å². The van der Waals surface area contributed by atoms with Crippen molar-refractivity contribution in [1.29, 1.82) is 0 Å². The van der Waals surface area contributed by atoms with Gasteiger partial charge in [-0.25, -0.2) is 4.98 Å². The summed E-state index contributed by atoms with van der Waals surface area (Å²) < 4.78 is 1.76. The fraction of sp³-hybridized carbons (Fsp3) is 0. The first kappa shape index (κ1) is 13.2. The van der Waals surface area contributed by atoms with Gasteiger partial charge in [-0.05, 0) is 24.3 Å². The Morgan fingerprint density at radius 2 is 1.95 bits per heavy atom. The first-order chi connectivity index (χ1) is 9.59. The zero-order valence-corrected chi connectivity index (χ0v) is 12.1. The number of hydrogen-bond acceptors (Lipinski definition) is 2. The van der Waals surface area contributed by atoms with Crippen molar-refractivity contribution in [3.63, 3.8) is 0 Å². The van der Waals surface area contributed by atoms with Crippen molar-refractivity contribution in [1.82, 2.24) is 9.38 Å². The number of ketones is 1. The summed E-state index contributed by atoms with van der Waals surface area (Å²) in [6.07, 6.45) is 1.81. The van der Waals surface area contributed by atoms with Crippen LogP contribution in [0.1, 0.15) is 16.2 Å². The molecular formula is C14H9BCl2N2O. The molecule has 2 aromatic heterocycles. The van der Waals surface area contributed by atoms with Crippen molar-refractivity contribution in [3.05, 3.63) is 64.0 Å². The van der Waals surface area contributed by atoms with Crippen LogP contribution in [-0.4, -0.2) is 23.0 Å². The molecule has 0 N–H and O–H groups in total. The van der Waals surface area contributed by atoms with E-state index in [0.717, 1.165) is 11.1 Å². The molecule has 0 aliphatic heterocycles. The van der Waals surface area contributed by atoms with Crippen LogP contribution >= 0.6 is 23.2 Å². The minimum Gasteiger partial charge on any atom is -0.298 e. The molecule has 0 amide bonds. The van der Waals surface area contributed by atoms with Gasteiger partial charge in [0.25, 0.3) is 0 Å². The summed E-state index contributed by atoms with van der Waals surface area (Å²) in [6, 6.07) is 10.7. The summed E-state index contributed by atoms with van der Waals surface area (Å²) in [7, 11) is 1.87. The van der Waals surface area contributed by atoms with E-state index in [0.29, 0.717) is 16.4 Å². The van der Waals surface area contributed by atoms with Gasteiger partial charge in [-0.15, -0.1) is 0 Å². The lowest BCUT2D eigenvalue weighted by Gasteiger charge is -2.04.